The zero-order chi connectivity index (χ0) is 10.1. The molecule has 2 aliphatic heterocycles. The van der Waals surface area contributed by atoms with E-state index in [9.17, 15) is 0 Å². The maximum absolute atomic E-state index is 8.96. The molecule has 0 bridgehead atoms. The van der Waals surface area contributed by atoms with E-state index in [2.05, 4.69) is 11.1 Å². The van der Waals surface area contributed by atoms with E-state index in [1.54, 1.807) is 23.3 Å². The summed E-state index contributed by atoms with van der Waals surface area (Å²) in [6, 6.07) is 1.73. The van der Waals surface area contributed by atoms with Crippen LogP contribution in [0, 0.1) is 11.3 Å². The van der Waals surface area contributed by atoms with Crippen LogP contribution < -0.4 is 5.73 Å². The fourth-order valence-electron chi connectivity index (χ4n) is 1.57. The monoisotopic (exact) mass is 208 g/mol. The van der Waals surface area contributed by atoms with Gasteiger partial charge >= 0.3 is 0 Å². The average molecular weight is 209 g/mol. The van der Waals surface area contributed by atoms with Crippen LogP contribution in [0.1, 0.15) is 0 Å². The molecule has 5 heteroatoms. The van der Waals surface area contributed by atoms with Crippen LogP contribution in [0.25, 0.3) is 0 Å². The molecule has 0 aromatic rings. The van der Waals surface area contributed by atoms with Crippen LogP contribution >= 0.6 is 11.6 Å². The van der Waals surface area contributed by atoms with Gasteiger partial charge in [0.15, 0.2) is 0 Å². The second-order valence-electron chi connectivity index (χ2n) is 3.12. The Morgan fingerprint density at radius 2 is 2.50 bits per heavy atom. The summed E-state index contributed by atoms with van der Waals surface area (Å²) >= 11 is 5.82. The number of aliphatic imine (C=N–C) groups is 1. The van der Waals surface area contributed by atoms with Gasteiger partial charge in [0.1, 0.15) is 11.9 Å². The van der Waals surface area contributed by atoms with Crippen molar-refractivity contribution in [1.29, 1.82) is 5.26 Å². The van der Waals surface area contributed by atoms with Crippen LogP contribution in [0.15, 0.2) is 28.4 Å². The van der Waals surface area contributed by atoms with Gasteiger partial charge in [0, 0.05) is 17.8 Å². The van der Waals surface area contributed by atoms with Crippen LogP contribution in [0.4, 0.5) is 0 Å². The highest BCUT2D eigenvalue weighted by atomic mass is 35.5. The molecule has 0 aromatic carbocycles. The molecule has 72 valence electrons. The third kappa shape index (κ3) is 1.31. The maximum Gasteiger partial charge on any atom is 0.145 e. The van der Waals surface area contributed by atoms with Crippen molar-refractivity contribution in [2.24, 2.45) is 10.7 Å². The van der Waals surface area contributed by atoms with Gasteiger partial charge in [-0.05, 0) is 12.2 Å². The standard InChI is InChI=1S/C9H9ClN4/c10-6-1-2-14-8(5-12)7(4-11)13-9(14)3-6/h1-3,7-8H,4,11H2. The summed E-state index contributed by atoms with van der Waals surface area (Å²) in [6.45, 7) is 0.373. The van der Waals surface area contributed by atoms with Crippen molar-refractivity contribution in [1.82, 2.24) is 4.90 Å². The minimum Gasteiger partial charge on any atom is -0.328 e. The number of hydrogen-bond donors (Lipinski definition) is 1. The minimum atomic E-state index is -0.299. The number of rotatable bonds is 1. The van der Waals surface area contributed by atoms with Crippen molar-refractivity contribution in [3.05, 3.63) is 23.4 Å². The Morgan fingerprint density at radius 3 is 3.14 bits per heavy atom. The van der Waals surface area contributed by atoms with Gasteiger partial charge in [-0.25, -0.2) is 0 Å². The first kappa shape index (κ1) is 9.25. The van der Waals surface area contributed by atoms with Gasteiger partial charge in [-0.2, -0.15) is 5.26 Å². The average Bonchev–Trinajstić information content (AvgIpc) is 2.54. The normalized spacial score (nSPS) is 29.4. The molecule has 2 unspecified atom stereocenters. The lowest BCUT2D eigenvalue weighted by atomic mass is 10.1. The third-order valence-corrected chi connectivity index (χ3v) is 2.50. The first-order chi connectivity index (χ1) is 6.76. The Kier molecular flexibility index (Phi) is 2.28. The number of fused-ring (bicyclic) bond motifs is 1. The number of nitrogens with two attached hydrogens (primary N) is 1. The van der Waals surface area contributed by atoms with Gasteiger partial charge in [-0.1, -0.05) is 11.6 Å². The number of hydrogen-bond acceptors (Lipinski definition) is 4. The lowest BCUT2D eigenvalue weighted by molar-refractivity contribution is 0.456. The Hall–Kier alpha value is -1.31. The number of nitriles is 1. The summed E-state index contributed by atoms with van der Waals surface area (Å²) in [6.07, 6.45) is 5.25. The van der Waals surface area contributed by atoms with Crippen LogP contribution in [0.3, 0.4) is 0 Å². The molecule has 0 saturated carbocycles. The van der Waals surface area contributed by atoms with Crippen molar-refractivity contribution >= 4 is 17.4 Å². The first-order valence-corrected chi connectivity index (χ1v) is 4.65. The maximum atomic E-state index is 8.96. The fraction of sp³-hybridized carbons (Fsp3) is 0.333. The molecule has 0 aromatic heterocycles. The highest BCUT2D eigenvalue weighted by molar-refractivity contribution is 6.33. The van der Waals surface area contributed by atoms with Gasteiger partial charge in [-0.15, -0.1) is 0 Å². The number of nitrogens with zero attached hydrogens (tertiary/aromatic N) is 3. The molecule has 0 spiro atoms. The highest BCUT2D eigenvalue weighted by Gasteiger charge is 2.34. The predicted molar refractivity (Wildman–Crippen MR) is 54.6 cm³/mol. The molecule has 2 rings (SSSR count). The Labute approximate surface area is 87.0 Å². The summed E-state index contributed by atoms with van der Waals surface area (Å²) in [7, 11) is 0. The number of allylic oxidation sites excluding steroid dienone is 2. The first-order valence-electron chi connectivity index (χ1n) is 4.27. The molecule has 2 N–H and O–H groups in total. The summed E-state index contributed by atoms with van der Waals surface area (Å²) in [4.78, 5) is 6.11. The van der Waals surface area contributed by atoms with Gasteiger partial charge in [0.25, 0.3) is 0 Å². The van der Waals surface area contributed by atoms with E-state index in [0.717, 1.165) is 5.84 Å². The van der Waals surface area contributed by atoms with E-state index in [1.807, 2.05) is 0 Å². The smallest absolute Gasteiger partial charge is 0.145 e. The van der Waals surface area contributed by atoms with E-state index in [1.165, 1.54) is 0 Å². The molecular formula is C9H9ClN4. The lowest BCUT2D eigenvalue weighted by Crippen LogP contribution is -2.38. The highest BCUT2D eigenvalue weighted by Crippen LogP contribution is 2.23. The largest absolute Gasteiger partial charge is 0.328 e. The summed E-state index contributed by atoms with van der Waals surface area (Å²) in [5, 5.41) is 9.58. The van der Waals surface area contributed by atoms with E-state index < -0.39 is 0 Å². The molecule has 2 atom stereocenters. The number of halogens is 1. The molecule has 2 heterocycles. The van der Waals surface area contributed by atoms with Crippen molar-refractivity contribution < 1.29 is 0 Å². The lowest BCUT2D eigenvalue weighted by Gasteiger charge is -2.21. The van der Waals surface area contributed by atoms with Crippen molar-refractivity contribution in [2.75, 3.05) is 6.54 Å². The summed E-state index contributed by atoms with van der Waals surface area (Å²) in [5.41, 5.74) is 5.53. The molecule has 0 radical (unpaired) electrons. The SMILES string of the molecule is N#CC1C(CN)N=C2C=C(Cl)C=CN21. The van der Waals surface area contributed by atoms with E-state index >= 15 is 0 Å². The van der Waals surface area contributed by atoms with Crippen molar-refractivity contribution in [2.45, 2.75) is 12.1 Å². The van der Waals surface area contributed by atoms with Crippen LogP contribution in [-0.2, 0) is 0 Å². The predicted octanol–water partition coefficient (Wildman–Crippen LogP) is 0.570. The third-order valence-electron chi connectivity index (χ3n) is 2.26. The molecule has 0 fully saturated rings. The van der Waals surface area contributed by atoms with Crippen LogP contribution in [0.5, 0.6) is 0 Å². The summed E-state index contributed by atoms with van der Waals surface area (Å²) in [5.74, 6) is 0.722. The Bertz CT molecular complexity index is 377. The fourth-order valence-corrected chi connectivity index (χ4v) is 1.72. The number of amidine groups is 1. The van der Waals surface area contributed by atoms with Crippen LogP contribution in [-0.4, -0.2) is 29.4 Å². The van der Waals surface area contributed by atoms with Crippen molar-refractivity contribution in [3.63, 3.8) is 0 Å². The Balaban J connectivity index is 2.33. The molecule has 14 heavy (non-hydrogen) atoms. The van der Waals surface area contributed by atoms with Crippen LogP contribution in [0.2, 0.25) is 0 Å². The molecule has 0 amide bonds. The van der Waals surface area contributed by atoms with Gasteiger partial charge in [0.05, 0.1) is 12.1 Å². The van der Waals surface area contributed by atoms with Gasteiger partial charge < -0.3 is 10.6 Å². The zero-order valence-corrected chi connectivity index (χ0v) is 8.15. The molecule has 0 aliphatic carbocycles. The second kappa shape index (κ2) is 3.45. The topological polar surface area (TPSA) is 65.4 Å². The quantitative estimate of drug-likeness (QED) is 0.685. The van der Waals surface area contributed by atoms with Gasteiger partial charge in [0.2, 0.25) is 0 Å². The molecular weight excluding hydrogens is 200 g/mol. The van der Waals surface area contributed by atoms with Gasteiger partial charge in [-0.3, -0.25) is 4.99 Å². The van der Waals surface area contributed by atoms with E-state index in [0.29, 0.717) is 11.6 Å². The second-order valence-corrected chi connectivity index (χ2v) is 3.55. The molecule has 4 nitrogen and oxygen atoms in total. The summed E-state index contributed by atoms with van der Waals surface area (Å²) < 4.78 is 0. The molecule has 2 aliphatic rings. The van der Waals surface area contributed by atoms with Crippen molar-refractivity contribution in [3.8, 4) is 6.07 Å². The minimum absolute atomic E-state index is 0.154. The van der Waals surface area contributed by atoms with E-state index in [-0.39, 0.29) is 12.1 Å². The zero-order valence-electron chi connectivity index (χ0n) is 7.39. The molecule has 0 saturated heterocycles. The Morgan fingerprint density at radius 1 is 1.71 bits per heavy atom. The van der Waals surface area contributed by atoms with E-state index in [4.69, 9.17) is 22.6 Å².